The summed E-state index contributed by atoms with van der Waals surface area (Å²) in [6.45, 7) is 5.01. The zero-order valence-corrected chi connectivity index (χ0v) is 34.4. The number of nitrogens with zero attached hydrogens (tertiary/aromatic N) is 10. The van der Waals surface area contributed by atoms with Crippen LogP contribution in [0.2, 0.25) is 0 Å². The van der Waals surface area contributed by atoms with Crippen molar-refractivity contribution in [3.63, 3.8) is 0 Å². The first-order chi connectivity index (χ1) is 30.7. The highest BCUT2D eigenvalue weighted by Gasteiger charge is 2.48. The van der Waals surface area contributed by atoms with Gasteiger partial charge in [-0.05, 0) is 86.7 Å². The van der Waals surface area contributed by atoms with E-state index < -0.39 is 29.7 Å². The quantitative estimate of drug-likeness (QED) is 0.194. The Labute approximate surface area is 361 Å². The summed E-state index contributed by atoms with van der Waals surface area (Å²) in [5.74, 6) is 0.645. The van der Waals surface area contributed by atoms with Gasteiger partial charge in [0.15, 0.2) is 5.65 Å². The van der Waals surface area contributed by atoms with Crippen LogP contribution in [0.25, 0.3) is 22.3 Å². The Morgan fingerprint density at radius 2 is 1.43 bits per heavy atom. The molecule has 17 nitrogen and oxygen atoms in total. The molecule has 1 spiro atoms. The summed E-state index contributed by atoms with van der Waals surface area (Å²) >= 11 is 0. The van der Waals surface area contributed by atoms with Crippen molar-refractivity contribution in [3.05, 3.63) is 103 Å². The zero-order chi connectivity index (χ0) is 42.8. The predicted octanol–water partition coefficient (Wildman–Crippen LogP) is 5.01. The number of nitrogens with two attached hydrogens (primary N) is 1. The Kier molecular flexibility index (Phi) is 9.27. The molecule has 0 aliphatic carbocycles. The molecule has 0 saturated carbocycles. The number of nitrogens with one attached hydrogen (secondary N) is 1. The van der Waals surface area contributed by atoms with E-state index in [0.29, 0.717) is 16.9 Å². The van der Waals surface area contributed by atoms with Crippen LogP contribution in [0.4, 0.5) is 23.1 Å². The van der Waals surface area contributed by atoms with Crippen LogP contribution in [0.5, 0.6) is 11.5 Å². The minimum atomic E-state index is -0.978. The molecule has 4 amide bonds. The first kappa shape index (κ1) is 38.5. The van der Waals surface area contributed by atoms with Crippen LogP contribution in [0.1, 0.15) is 65.3 Å². The van der Waals surface area contributed by atoms with E-state index >= 15 is 0 Å². The summed E-state index contributed by atoms with van der Waals surface area (Å²) in [5, 5.41) is 8.09. The second-order valence-electron chi connectivity index (χ2n) is 17.2. The van der Waals surface area contributed by atoms with Gasteiger partial charge >= 0.3 is 0 Å². The normalized spacial score (nSPS) is 20.0. The Bertz CT molecular complexity index is 2770. The molecular formula is C46H44N12O5. The Morgan fingerprint density at radius 3 is 2.16 bits per heavy atom. The molecule has 5 aliphatic heterocycles. The third-order valence-electron chi connectivity index (χ3n) is 13.4. The van der Waals surface area contributed by atoms with E-state index in [0.717, 1.165) is 121 Å². The Morgan fingerprint density at radius 1 is 0.714 bits per heavy atom. The van der Waals surface area contributed by atoms with E-state index in [4.69, 9.17) is 25.5 Å². The molecule has 318 valence electrons. The van der Waals surface area contributed by atoms with Crippen LogP contribution in [-0.2, 0) is 9.59 Å². The van der Waals surface area contributed by atoms with Gasteiger partial charge in [-0.25, -0.2) is 24.6 Å². The average Bonchev–Trinajstić information content (AvgIpc) is 3.81. The molecule has 3 aromatic carbocycles. The molecule has 1 unspecified atom stereocenters. The van der Waals surface area contributed by atoms with Crippen molar-refractivity contribution in [2.75, 3.05) is 59.7 Å². The van der Waals surface area contributed by atoms with Gasteiger partial charge < -0.3 is 25.2 Å². The van der Waals surface area contributed by atoms with Crippen molar-refractivity contribution in [3.8, 4) is 22.8 Å². The van der Waals surface area contributed by atoms with Crippen LogP contribution < -0.4 is 30.5 Å². The van der Waals surface area contributed by atoms with Crippen LogP contribution >= 0.6 is 0 Å². The molecule has 11 rings (SSSR count). The number of fused-ring (bicyclic) bond motifs is 2. The van der Waals surface area contributed by atoms with Gasteiger partial charge in [0.05, 0.1) is 40.6 Å². The van der Waals surface area contributed by atoms with Crippen LogP contribution in [0.3, 0.4) is 0 Å². The fourth-order valence-electron chi connectivity index (χ4n) is 9.87. The van der Waals surface area contributed by atoms with Gasteiger partial charge in [-0.1, -0.05) is 18.2 Å². The minimum Gasteiger partial charge on any atom is -0.457 e. The van der Waals surface area contributed by atoms with E-state index in [-0.39, 0.29) is 24.3 Å². The van der Waals surface area contributed by atoms with Crippen molar-refractivity contribution >= 4 is 57.8 Å². The van der Waals surface area contributed by atoms with Crippen molar-refractivity contribution in [1.82, 2.24) is 39.9 Å². The smallest absolute Gasteiger partial charge is 0.262 e. The lowest BCUT2D eigenvalue weighted by atomic mass is 9.71. The number of ether oxygens (including phenoxy) is 1. The van der Waals surface area contributed by atoms with Crippen molar-refractivity contribution in [1.29, 1.82) is 0 Å². The monoisotopic (exact) mass is 844 g/mol. The zero-order valence-electron chi connectivity index (χ0n) is 34.4. The molecule has 4 fully saturated rings. The molecule has 1 atom stereocenters. The van der Waals surface area contributed by atoms with Gasteiger partial charge in [-0.3, -0.25) is 29.4 Å². The topological polar surface area (TPSA) is 198 Å². The Hall–Kier alpha value is -7.43. The number of hydrogen-bond acceptors (Lipinski definition) is 14. The summed E-state index contributed by atoms with van der Waals surface area (Å²) in [5.41, 5.74) is 11.4. The number of para-hydroxylation sites is 1. The summed E-state index contributed by atoms with van der Waals surface area (Å²) in [4.78, 5) is 77.1. The van der Waals surface area contributed by atoms with E-state index in [1.54, 1.807) is 12.1 Å². The van der Waals surface area contributed by atoms with E-state index in [1.807, 2.05) is 77.7 Å². The first-order valence-electron chi connectivity index (χ1n) is 21.4. The number of hydrogen-bond donors (Lipinski definition) is 2. The molecule has 3 N–H and O–H groups in total. The van der Waals surface area contributed by atoms with E-state index in [2.05, 4.69) is 30.0 Å². The summed E-state index contributed by atoms with van der Waals surface area (Å²) < 4.78 is 8.03. The lowest BCUT2D eigenvalue weighted by Crippen LogP contribution is -2.60. The summed E-state index contributed by atoms with van der Waals surface area (Å²) in [7, 11) is 0. The predicted molar refractivity (Wildman–Crippen MR) is 233 cm³/mol. The number of amides is 4. The number of anilines is 4. The van der Waals surface area contributed by atoms with Gasteiger partial charge in [-0.15, -0.1) is 0 Å². The fraction of sp³-hybridized carbons (Fsp3) is 0.326. The number of aromatic nitrogens is 6. The lowest BCUT2D eigenvalue weighted by molar-refractivity contribution is -0.136. The van der Waals surface area contributed by atoms with Crippen molar-refractivity contribution in [2.45, 2.75) is 50.6 Å². The number of nitrogen functional groups attached to an aromatic ring is 1. The Balaban J connectivity index is 0.693. The minimum absolute atomic E-state index is 0.0888. The number of carbonyl (C=O) groups is 4. The second-order valence-corrected chi connectivity index (χ2v) is 17.2. The number of carbonyl (C=O) groups excluding carboxylic acids is 4. The molecule has 17 heteroatoms. The van der Waals surface area contributed by atoms with Crippen LogP contribution in [0, 0.1) is 5.41 Å². The third kappa shape index (κ3) is 6.83. The fourth-order valence-corrected chi connectivity index (χ4v) is 9.87. The van der Waals surface area contributed by atoms with Gasteiger partial charge in [0, 0.05) is 62.4 Å². The van der Waals surface area contributed by atoms with Crippen molar-refractivity contribution < 1.29 is 23.9 Å². The number of imide groups is 2. The molecular weight excluding hydrogens is 801 g/mol. The van der Waals surface area contributed by atoms with Gasteiger partial charge in [0.1, 0.15) is 35.4 Å². The average molecular weight is 845 g/mol. The summed E-state index contributed by atoms with van der Waals surface area (Å²) in [6.07, 6.45) is 9.28. The highest BCUT2D eigenvalue weighted by molar-refractivity contribution is 6.23. The van der Waals surface area contributed by atoms with Crippen LogP contribution in [-0.4, -0.2) is 104 Å². The maximum absolute atomic E-state index is 13.4. The maximum Gasteiger partial charge on any atom is 0.262 e. The molecule has 0 radical (unpaired) electrons. The molecule has 6 aromatic rings. The third-order valence-corrected chi connectivity index (χ3v) is 13.4. The molecule has 3 aromatic heterocycles. The van der Waals surface area contributed by atoms with E-state index in [1.165, 1.54) is 6.33 Å². The summed E-state index contributed by atoms with van der Waals surface area (Å²) in [6, 6.07) is 22.0. The second kappa shape index (κ2) is 15.2. The molecule has 8 heterocycles. The van der Waals surface area contributed by atoms with Gasteiger partial charge in [-0.2, -0.15) is 5.10 Å². The van der Waals surface area contributed by atoms with Gasteiger partial charge in [0.25, 0.3) is 11.8 Å². The highest BCUT2D eigenvalue weighted by atomic mass is 16.5. The van der Waals surface area contributed by atoms with Crippen molar-refractivity contribution in [2.24, 2.45) is 5.41 Å². The molecule has 63 heavy (non-hydrogen) atoms. The van der Waals surface area contributed by atoms with Crippen LogP contribution in [0.15, 0.2) is 91.5 Å². The first-order valence-corrected chi connectivity index (χ1v) is 21.4. The lowest BCUT2D eigenvalue weighted by Gasteiger charge is -2.55. The van der Waals surface area contributed by atoms with Gasteiger partial charge in [0.2, 0.25) is 17.8 Å². The number of rotatable bonds is 8. The standard InChI is InChI=1S/C46H44N12O5/c47-40-38-39(28-6-9-33(10-7-28)63-32-4-2-1-3-5-32)53-58(41(38)51-27-50-40)29-14-18-54(19-15-29)31-23-48-45(49-24-31)55-20-16-46(17-21-55)25-56(26-46)30-8-11-34-35(22-30)44(62)57(43(34)61)36-12-13-37(59)52-42(36)60/h1-11,22-24,27,29,36H,12-21,25-26H2,(H2,47,50,51)(H,52,59,60). The largest absolute Gasteiger partial charge is 0.457 e. The maximum atomic E-state index is 13.4. The molecule has 0 bridgehead atoms. The molecule has 5 aliphatic rings. The highest BCUT2D eigenvalue weighted by Crippen LogP contribution is 2.44. The SMILES string of the molecule is Nc1ncnc2c1c(-c1ccc(Oc3ccccc3)cc1)nn2C1CCN(c2cnc(N3CCC4(CC3)CN(c3ccc5c(c3)C(=O)N(C3CCC(=O)NC3=O)C5=O)C4)nc2)CC1. The number of piperidine rings is 3. The van der Waals surface area contributed by atoms with E-state index in [9.17, 15) is 19.2 Å². The number of benzene rings is 3. The molecule has 4 saturated heterocycles.